The van der Waals surface area contributed by atoms with Gasteiger partial charge >= 0.3 is 0 Å². The molecule has 1 aromatic rings. The van der Waals surface area contributed by atoms with Gasteiger partial charge in [0.2, 0.25) is 5.91 Å². The number of anilines is 1. The lowest BCUT2D eigenvalue weighted by Crippen LogP contribution is -2.18. The second-order valence-electron chi connectivity index (χ2n) is 2.97. The van der Waals surface area contributed by atoms with E-state index in [-0.39, 0.29) is 29.0 Å². The van der Waals surface area contributed by atoms with E-state index in [1.807, 2.05) is 0 Å². The number of carbonyl (C=O) groups excluding carboxylic acids is 1. The number of ether oxygens (including phenoxy) is 1. The Morgan fingerprint density at radius 1 is 1.50 bits per heavy atom. The molecule has 1 rings (SSSR count). The number of hydrogen-bond donors (Lipinski definition) is 2. The van der Waals surface area contributed by atoms with E-state index in [4.69, 9.17) is 27.9 Å². The minimum atomic E-state index is -0.379. The van der Waals surface area contributed by atoms with Crippen molar-refractivity contribution in [3.05, 3.63) is 22.2 Å². The van der Waals surface area contributed by atoms with Gasteiger partial charge in [0.05, 0.1) is 10.7 Å². The van der Waals surface area contributed by atoms with Gasteiger partial charge in [-0.05, 0) is 19.1 Å². The molecule has 0 radical (unpaired) electrons. The van der Waals surface area contributed by atoms with E-state index in [1.54, 1.807) is 6.92 Å². The van der Waals surface area contributed by atoms with Crippen LogP contribution in [0.2, 0.25) is 10.0 Å². The highest BCUT2D eigenvalue weighted by atomic mass is 35.5. The summed E-state index contributed by atoms with van der Waals surface area (Å²) in [6.07, 6.45) is 0. The van der Waals surface area contributed by atoms with Crippen molar-refractivity contribution in [1.29, 1.82) is 0 Å². The van der Waals surface area contributed by atoms with Gasteiger partial charge in [-0.3, -0.25) is 4.79 Å². The van der Waals surface area contributed by atoms with Crippen LogP contribution >= 0.6 is 23.2 Å². The predicted molar refractivity (Wildman–Crippen MR) is 63.2 cm³/mol. The number of rotatable bonds is 4. The van der Waals surface area contributed by atoms with Gasteiger partial charge in [-0.2, -0.15) is 0 Å². The van der Waals surface area contributed by atoms with E-state index in [9.17, 15) is 9.90 Å². The first-order chi connectivity index (χ1) is 7.54. The number of phenolic OH excluding ortho intramolecular Hbond substituents is 1. The molecule has 0 aliphatic rings. The minimum Gasteiger partial charge on any atom is -0.504 e. The minimum absolute atomic E-state index is 0.0826. The predicted octanol–water partition coefficient (Wildman–Crippen LogP) is 2.67. The summed E-state index contributed by atoms with van der Waals surface area (Å²) in [7, 11) is 0. The van der Waals surface area contributed by atoms with Crippen molar-refractivity contribution in [1.82, 2.24) is 0 Å². The van der Waals surface area contributed by atoms with Crippen LogP contribution in [0.4, 0.5) is 5.69 Å². The Bertz CT molecular complexity index is 396. The lowest BCUT2D eigenvalue weighted by Gasteiger charge is -2.08. The maximum Gasteiger partial charge on any atom is 0.250 e. The molecule has 0 saturated heterocycles. The van der Waals surface area contributed by atoms with Crippen molar-refractivity contribution in [3.63, 3.8) is 0 Å². The molecule has 0 fully saturated rings. The zero-order chi connectivity index (χ0) is 12.1. The van der Waals surface area contributed by atoms with Crippen LogP contribution in [0.3, 0.4) is 0 Å². The van der Waals surface area contributed by atoms with Gasteiger partial charge < -0.3 is 15.2 Å². The highest BCUT2D eigenvalue weighted by molar-refractivity contribution is 6.36. The van der Waals surface area contributed by atoms with E-state index in [0.717, 1.165) is 0 Å². The summed E-state index contributed by atoms with van der Waals surface area (Å²) in [5.74, 6) is -0.591. The van der Waals surface area contributed by atoms with Crippen LogP contribution in [-0.2, 0) is 9.53 Å². The summed E-state index contributed by atoms with van der Waals surface area (Å²) < 4.78 is 4.91. The van der Waals surface area contributed by atoms with Crippen LogP contribution in [0.25, 0.3) is 0 Å². The lowest BCUT2D eigenvalue weighted by molar-refractivity contribution is -0.120. The third-order valence-corrected chi connectivity index (χ3v) is 2.25. The van der Waals surface area contributed by atoms with Crippen molar-refractivity contribution in [2.45, 2.75) is 6.92 Å². The molecule has 1 amide bonds. The molecule has 1 aromatic carbocycles. The van der Waals surface area contributed by atoms with Gasteiger partial charge in [0.15, 0.2) is 5.75 Å². The summed E-state index contributed by atoms with van der Waals surface area (Å²) >= 11 is 11.4. The van der Waals surface area contributed by atoms with Crippen LogP contribution in [0, 0.1) is 0 Å². The van der Waals surface area contributed by atoms with E-state index in [1.165, 1.54) is 12.1 Å². The zero-order valence-corrected chi connectivity index (χ0v) is 10.1. The zero-order valence-electron chi connectivity index (χ0n) is 8.59. The third kappa shape index (κ3) is 3.56. The average molecular weight is 264 g/mol. The Morgan fingerprint density at radius 3 is 2.81 bits per heavy atom. The number of carbonyl (C=O) groups is 1. The quantitative estimate of drug-likeness (QED) is 0.822. The molecule has 0 bridgehead atoms. The molecule has 6 heteroatoms. The van der Waals surface area contributed by atoms with Crippen LogP contribution < -0.4 is 5.32 Å². The molecule has 0 atom stereocenters. The highest BCUT2D eigenvalue weighted by Crippen LogP contribution is 2.34. The second-order valence-corrected chi connectivity index (χ2v) is 3.81. The SMILES string of the molecule is CCOCC(=O)Nc1cc(Cl)cc(Cl)c1O. The maximum absolute atomic E-state index is 11.3. The Hall–Kier alpha value is -0.970. The number of hydrogen-bond acceptors (Lipinski definition) is 3. The summed E-state index contributed by atoms with van der Waals surface area (Å²) in [5.41, 5.74) is 0.169. The molecule has 0 heterocycles. The van der Waals surface area contributed by atoms with Crippen LogP contribution in [0.15, 0.2) is 12.1 Å². The molecule has 0 aliphatic heterocycles. The van der Waals surface area contributed by atoms with E-state index >= 15 is 0 Å². The van der Waals surface area contributed by atoms with Crippen LogP contribution in [0.5, 0.6) is 5.75 Å². The molecular formula is C10H11Cl2NO3. The molecule has 16 heavy (non-hydrogen) atoms. The van der Waals surface area contributed by atoms with Gasteiger partial charge in [-0.25, -0.2) is 0 Å². The van der Waals surface area contributed by atoms with Gasteiger partial charge in [-0.1, -0.05) is 23.2 Å². The van der Waals surface area contributed by atoms with E-state index in [2.05, 4.69) is 5.32 Å². The molecule has 2 N–H and O–H groups in total. The fraction of sp³-hybridized carbons (Fsp3) is 0.300. The number of halogens is 2. The smallest absolute Gasteiger partial charge is 0.250 e. The molecule has 0 unspecified atom stereocenters. The highest BCUT2D eigenvalue weighted by Gasteiger charge is 2.10. The molecule has 0 aromatic heterocycles. The first kappa shape index (κ1) is 13.1. The van der Waals surface area contributed by atoms with Crippen LogP contribution in [0.1, 0.15) is 6.92 Å². The summed E-state index contributed by atoms with van der Waals surface area (Å²) in [6.45, 7) is 2.14. The fourth-order valence-corrected chi connectivity index (χ4v) is 1.54. The molecule has 0 spiro atoms. The van der Waals surface area contributed by atoms with Crippen LogP contribution in [-0.4, -0.2) is 24.2 Å². The molecule has 88 valence electrons. The standard InChI is InChI=1S/C10H11Cl2NO3/c1-2-16-5-9(14)13-8-4-6(11)3-7(12)10(8)15/h3-4,15H,2,5H2,1H3,(H,13,14). The largest absolute Gasteiger partial charge is 0.504 e. The van der Waals surface area contributed by atoms with E-state index in [0.29, 0.717) is 11.6 Å². The van der Waals surface area contributed by atoms with Gasteiger partial charge in [-0.15, -0.1) is 0 Å². The van der Waals surface area contributed by atoms with Crippen molar-refractivity contribution >= 4 is 34.8 Å². The average Bonchev–Trinajstić information content (AvgIpc) is 2.22. The summed E-state index contributed by atoms with van der Waals surface area (Å²) in [5, 5.41) is 12.4. The van der Waals surface area contributed by atoms with Crippen molar-refractivity contribution in [3.8, 4) is 5.75 Å². The summed E-state index contributed by atoms with van der Waals surface area (Å²) in [6, 6.07) is 2.79. The topological polar surface area (TPSA) is 58.6 Å². The normalized spacial score (nSPS) is 10.2. The van der Waals surface area contributed by atoms with Crippen molar-refractivity contribution in [2.24, 2.45) is 0 Å². The fourth-order valence-electron chi connectivity index (χ4n) is 1.04. The van der Waals surface area contributed by atoms with Crippen molar-refractivity contribution < 1.29 is 14.6 Å². The Labute approximate surface area is 103 Å². The van der Waals surface area contributed by atoms with E-state index < -0.39 is 0 Å². The number of aromatic hydroxyl groups is 1. The number of nitrogens with one attached hydrogen (secondary N) is 1. The molecule has 4 nitrogen and oxygen atoms in total. The van der Waals surface area contributed by atoms with Gasteiger partial charge in [0, 0.05) is 11.6 Å². The van der Waals surface area contributed by atoms with Gasteiger partial charge in [0.25, 0.3) is 0 Å². The Balaban J connectivity index is 2.77. The number of amides is 1. The first-order valence-electron chi connectivity index (χ1n) is 4.60. The summed E-state index contributed by atoms with van der Waals surface area (Å²) in [4.78, 5) is 11.3. The monoisotopic (exact) mass is 263 g/mol. The maximum atomic E-state index is 11.3. The molecule has 0 aliphatic carbocycles. The second kappa shape index (κ2) is 5.94. The number of benzene rings is 1. The first-order valence-corrected chi connectivity index (χ1v) is 5.35. The Morgan fingerprint density at radius 2 is 2.19 bits per heavy atom. The van der Waals surface area contributed by atoms with Crippen molar-refractivity contribution in [2.75, 3.05) is 18.5 Å². The molecular weight excluding hydrogens is 253 g/mol. The lowest BCUT2D eigenvalue weighted by atomic mass is 10.3. The third-order valence-electron chi connectivity index (χ3n) is 1.74. The number of phenols is 1. The Kier molecular flexibility index (Phi) is 4.86. The van der Waals surface area contributed by atoms with Gasteiger partial charge in [0.1, 0.15) is 6.61 Å². The molecule has 0 saturated carbocycles.